The van der Waals surface area contributed by atoms with E-state index in [0.717, 1.165) is 42.6 Å². The number of carbonyl (C=O) groups excluding carboxylic acids is 1. The summed E-state index contributed by atoms with van der Waals surface area (Å²) >= 11 is 9.48. The number of hydrogen-bond acceptors (Lipinski definition) is 4. The summed E-state index contributed by atoms with van der Waals surface area (Å²) < 4.78 is 6.07. The van der Waals surface area contributed by atoms with Crippen molar-refractivity contribution in [2.45, 2.75) is 19.4 Å². The number of hydrogen-bond donors (Lipinski definition) is 1. The first-order valence-electron chi connectivity index (χ1n) is 7.20. The highest BCUT2D eigenvalue weighted by Crippen LogP contribution is 2.29. The van der Waals surface area contributed by atoms with Crippen molar-refractivity contribution in [1.29, 1.82) is 0 Å². The van der Waals surface area contributed by atoms with Gasteiger partial charge in [-0.3, -0.25) is 4.90 Å². The van der Waals surface area contributed by atoms with E-state index >= 15 is 0 Å². The number of nitrogens with one attached hydrogen (secondary N) is 1. The Labute approximate surface area is 138 Å². The highest BCUT2D eigenvalue weighted by molar-refractivity contribution is 9.10. The predicted molar refractivity (Wildman–Crippen MR) is 87.6 cm³/mol. The summed E-state index contributed by atoms with van der Waals surface area (Å²) in [6, 6.07) is 5.23. The molecule has 1 aliphatic heterocycles. The van der Waals surface area contributed by atoms with Gasteiger partial charge < -0.3 is 10.1 Å². The lowest BCUT2D eigenvalue weighted by Crippen LogP contribution is -2.37. The fourth-order valence-electron chi connectivity index (χ4n) is 2.52. The van der Waals surface area contributed by atoms with Crippen molar-refractivity contribution in [1.82, 2.24) is 10.2 Å². The maximum Gasteiger partial charge on any atom is 0.328 e. The van der Waals surface area contributed by atoms with Crippen molar-refractivity contribution in [2.24, 2.45) is 0 Å². The lowest BCUT2D eigenvalue weighted by molar-refractivity contribution is -0.149. The molecule has 0 aromatic heterocycles. The maximum absolute atomic E-state index is 12.4. The molecule has 0 spiro atoms. The van der Waals surface area contributed by atoms with E-state index in [-0.39, 0.29) is 12.0 Å². The zero-order valence-electron chi connectivity index (χ0n) is 12.1. The van der Waals surface area contributed by atoms with Crippen LogP contribution in [0.5, 0.6) is 0 Å². The molecule has 6 heteroatoms. The lowest BCUT2D eigenvalue weighted by atomic mass is 10.0. The van der Waals surface area contributed by atoms with Crippen molar-refractivity contribution >= 4 is 33.5 Å². The molecular weight excluding hydrogens is 356 g/mol. The molecule has 1 unspecified atom stereocenters. The third-order valence-corrected chi connectivity index (χ3v) is 4.72. The minimum atomic E-state index is -0.376. The topological polar surface area (TPSA) is 41.6 Å². The quantitative estimate of drug-likeness (QED) is 0.822. The number of carbonyl (C=O) groups is 1. The molecule has 1 fully saturated rings. The molecule has 116 valence electrons. The number of ether oxygens (including phenoxy) is 1. The van der Waals surface area contributed by atoms with Crippen molar-refractivity contribution in [3.63, 3.8) is 0 Å². The Morgan fingerprint density at radius 1 is 1.48 bits per heavy atom. The second-order valence-electron chi connectivity index (χ2n) is 4.97. The van der Waals surface area contributed by atoms with Gasteiger partial charge in [0.2, 0.25) is 0 Å². The van der Waals surface area contributed by atoms with Crippen molar-refractivity contribution in [3.8, 4) is 0 Å². The van der Waals surface area contributed by atoms with Crippen LogP contribution >= 0.6 is 27.5 Å². The smallest absolute Gasteiger partial charge is 0.328 e. The third kappa shape index (κ3) is 4.42. The number of benzene rings is 1. The molecule has 0 bridgehead atoms. The molecule has 1 N–H and O–H groups in total. The van der Waals surface area contributed by atoms with E-state index in [4.69, 9.17) is 16.3 Å². The van der Waals surface area contributed by atoms with Gasteiger partial charge in [-0.2, -0.15) is 0 Å². The lowest BCUT2D eigenvalue weighted by Gasteiger charge is -2.29. The van der Waals surface area contributed by atoms with Crippen molar-refractivity contribution < 1.29 is 9.53 Å². The monoisotopic (exact) mass is 374 g/mol. The SMILES string of the molecule is CCOC(=O)C(c1ccc(Cl)c(Br)c1)N1CCCNCC1. The fourth-order valence-corrected chi connectivity index (χ4v) is 3.04. The highest BCUT2D eigenvalue weighted by atomic mass is 79.9. The molecule has 0 saturated carbocycles. The van der Waals surface area contributed by atoms with Gasteiger partial charge in [-0.05, 0) is 53.5 Å². The van der Waals surface area contributed by atoms with E-state index in [1.807, 2.05) is 25.1 Å². The van der Waals surface area contributed by atoms with Crippen LogP contribution in [-0.4, -0.2) is 43.7 Å². The molecule has 1 aliphatic rings. The minimum Gasteiger partial charge on any atom is -0.465 e. The molecular formula is C15H20BrClN2O2. The van der Waals surface area contributed by atoms with E-state index in [9.17, 15) is 4.79 Å². The van der Waals surface area contributed by atoms with Crippen LogP contribution in [0, 0.1) is 0 Å². The average Bonchev–Trinajstić information content (AvgIpc) is 2.72. The number of nitrogens with zero attached hydrogens (tertiary/aromatic N) is 1. The van der Waals surface area contributed by atoms with Crippen LogP contribution in [0.1, 0.15) is 24.9 Å². The van der Waals surface area contributed by atoms with Gasteiger partial charge in [0.05, 0.1) is 11.6 Å². The summed E-state index contributed by atoms with van der Waals surface area (Å²) in [6.07, 6.45) is 1.02. The van der Waals surface area contributed by atoms with Gasteiger partial charge >= 0.3 is 5.97 Å². The van der Waals surface area contributed by atoms with Crippen LogP contribution in [0.4, 0.5) is 0 Å². The summed E-state index contributed by atoms with van der Waals surface area (Å²) in [4.78, 5) is 14.6. The highest BCUT2D eigenvalue weighted by Gasteiger charge is 2.29. The molecule has 21 heavy (non-hydrogen) atoms. The van der Waals surface area contributed by atoms with Gasteiger partial charge in [0.25, 0.3) is 0 Å². The molecule has 0 amide bonds. The molecule has 0 aliphatic carbocycles. The maximum atomic E-state index is 12.4. The van der Waals surface area contributed by atoms with Gasteiger partial charge in [-0.1, -0.05) is 17.7 Å². The summed E-state index contributed by atoms with van der Waals surface area (Å²) in [5, 5.41) is 3.99. The Hall–Kier alpha value is -0.620. The Morgan fingerprint density at radius 3 is 3.00 bits per heavy atom. The summed E-state index contributed by atoms with van der Waals surface area (Å²) in [6.45, 7) is 5.77. The van der Waals surface area contributed by atoms with E-state index < -0.39 is 0 Å². The Morgan fingerprint density at radius 2 is 2.29 bits per heavy atom. The van der Waals surface area contributed by atoms with E-state index in [1.165, 1.54) is 0 Å². The zero-order chi connectivity index (χ0) is 15.2. The van der Waals surface area contributed by atoms with Crippen LogP contribution in [0.2, 0.25) is 5.02 Å². The van der Waals surface area contributed by atoms with Gasteiger partial charge in [0.1, 0.15) is 6.04 Å². The van der Waals surface area contributed by atoms with Gasteiger partial charge in [-0.25, -0.2) is 4.79 Å². The molecule has 1 heterocycles. The second-order valence-corrected chi connectivity index (χ2v) is 6.23. The van der Waals surface area contributed by atoms with E-state index in [0.29, 0.717) is 11.6 Å². The molecule has 0 radical (unpaired) electrons. The van der Waals surface area contributed by atoms with Gasteiger partial charge in [0.15, 0.2) is 0 Å². The fraction of sp³-hybridized carbons (Fsp3) is 0.533. The van der Waals surface area contributed by atoms with Crippen LogP contribution in [0.15, 0.2) is 22.7 Å². The molecule has 1 atom stereocenters. The largest absolute Gasteiger partial charge is 0.465 e. The molecule has 1 aromatic carbocycles. The molecule has 1 aromatic rings. The Balaban J connectivity index is 2.29. The van der Waals surface area contributed by atoms with Crippen LogP contribution in [0.3, 0.4) is 0 Å². The van der Waals surface area contributed by atoms with E-state index in [2.05, 4.69) is 26.1 Å². The Bertz CT molecular complexity index is 491. The molecule has 4 nitrogen and oxygen atoms in total. The first kappa shape index (κ1) is 16.7. The average molecular weight is 376 g/mol. The normalized spacial score (nSPS) is 18.0. The van der Waals surface area contributed by atoms with Crippen LogP contribution < -0.4 is 5.32 Å². The molecule has 1 saturated heterocycles. The summed E-state index contributed by atoms with van der Waals surface area (Å²) in [7, 11) is 0. The first-order chi connectivity index (χ1) is 10.1. The number of esters is 1. The predicted octanol–water partition coefficient (Wildman–Crippen LogP) is 3.00. The Kier molecular flexibility index (Phi) is 6.48. The van der Waals surface area contributed by atoms with Crippen LogP contribution in [0.25, 0.3) is 0 Å². The van der Waals surface area contributed by atoms with Crippen LogP contribution in [-0.2, 0) is 9.53 Å². The second kappa shape index (κ2) is 8.13. The number of rotatable bonds is 4. The van der Waals surface area contributed by atoms with Crippen molar-refractivity contribution in [3.05, 3.63) is 33.3 Å². The third-order valence-electron chi connectivity index (χ3n) is 3.51. The van der Waals surface area contributed by atoms with Crippen molar-refractivity contribution in [2.75, 3.05) is 32.8 Å². The summed E-state index contributed by atoms with van der Waals surface area (Å²) in [5.41, 5.74) is 0.909. The first-order valence-corrected chi connectivity index (χ1v) is 8.37. The number of halogens is 2. The molecule has 2 rings (SSSR count). The van der Waals surface area contributed by atoms with Gasteiger partial charge in [0, 0.05) is 24.1 Å². The standard InChI is InChI=1S/C15H20BrClN2O2/c1-2-21-15(20)14(19-8-3-6-18-7-9-19)11-4-5-13(17)12(16)10-11/h4-5,10,14,18H,2-3,6-9H2,1H3. The van der Waals surface area contributed by atoms with E-state index in [1.54, 1.807) is 0 Å². The summed E-state index contributed by atoms with van der Waals surface area (Å²) in [5.74, 6) is -0.200. The zero-order valence-corrected chi connectivity index (χ0v) is 14.4. The van der Waals surface area contributed by atoms with Gasteiger partial charge in [-0.15, -0.1) is 0 Å². The minimum absolute atomic E-state index is 0.200.